The highest BCUT2D eigenvalue weighted by Gasteiger charge is 2.19. The van der Waals surface area contributed by atoms with E-state index >= 15 is 0 Å². The van der Waals surface area contributed by atoms with Gasteiger partial charge in [0, 0.05) is 19.5 Å². The number of nitrogens with one attached hydrogen (secondary N) is 1. The van der Waals surface area contributed by atoms with Gasteiger partial charge in [0.05, 0.1) is 18.4 Å². The van der Waals surface area contributed by atoms with Crippen LogP contribution >= 0.6 is 0 Å². The minimum Gasteiger partial charge on any atom is -0.496 e. The first-order valence-corrected chi connectivity index (χ1v) is 5.71. The minimum atomic E-state index is 0.649. The number of ether oxygens (including phenoxy) is 1. The summed E-state index contributed by atoms with van der Waals surface area (Å²) in [5, 5.41) is 3.28. The summed E-state index contributed by atoms with van der Waals surface area (Å²) in [4.78, 5) is 4.52. The molecular weight excluding hydrogens is 216 g/mol. The van der Waals surface area contributed by atoms with Gasteiger partial charge in [0.15, 0.2) is 0 Å². The van der Waals surface area contributed by atoms with E-state index in [9.17, 15) is 0 Å². The van der Waals surface area contributed by atoms with Crippen LogP contribution in [0.2, 0.25) is 0 Å². The van der Waals surface area contributed by atoms with Gasteiger partial charge in [-0.1, -0.05) is 12.1 Å². The van der Waals surface area contributed by atoms with E-state index in [1.165, 1.54) is 0 Å². The van der Waals surface area contributed by atoms with Crippen LogP contribution in [-0.4, -0.2) is 18.6 Å². The molecule has 0 saturated carbocycles. The van der Waals surface area contributed by atoms with Gasteiger partial charge in [0.1, 0.15) is 11.5 Å². The molecule has 1 aromatic carbocycles. The minimum absolute atomic E-state index is 0.649. The number of methoxy groups -OCH3 is 1. The third kappa shape index (κ3) is 1.80. The molecule has 0 radical (unpaired) electrons. The van der Waals surface area contributed by atoms with Gasteiger partial charge < -0.3 is 14.5 Å². The van der Waals surface area contributed by atoms with Crippen molar-refractivity contribution >= 4 is 0 Å². The van der Waals surface area contributed by atoms with Gasteiger partial charge in [-0.3, -0.25) is 0 Å². The first kappa shape index (κ1) is 10.4. The molecule has 1 aromatic heterocycles. The Morgan fingerprint density at radius 1 is 1.35 bits per heavy atom. The lowest BCUT2D eigenvalue weighted by Gasteiger charge is -2.08. The average molecular weight is 230 g/mol. The van der Waals surface area contributed by atoms with Crippen LogP contribution in [0, 0.1) is 0 Å². The number of hydrogen-bond donors (Lipinski definition) is 1. The monoisotopic (exact) mass is 230 g/mol. The largest absolute Gasteiger partial charge is 0.496 e. The standard InChI is InChI=1S/C13H14N2O2/c1-16-11-5-3-2-4-9(11)13-15-10-8-14-7-6-12(10)17-13/h2-5,14H,6-8H2,1H3. The first-order valence-electron chi connectivity index (χ1n) is 5.71. The molecule has 17 heavy (non-hydrogen) atoms. The Balaban J connectivity index is 2.06. The summed E-state index contributed by atoms with van der Waals surface area (Å²) >= 11 is 0. The first-order chi connectivity index (χ1) is 8.38. The van der Waals surface area contributed by atoms with Crippen molar-refractivity contribution < 1.29 is 9.15 Å². The lowest BCUT2D eigenvalue weighted by molar-refractivity contribution is 0.413. The number of fused-ring (bicyclic) bond motifs is 1. The van der Waals surface area contributed by atoms with Gasteiger partial charge in [-0.2, -0.15) is 0 Å². The molecular formula is C13H14N2O2. The van der Waals surface area contributed by atoms with Crippen molar-refractivity contribution in [2.24, 2.45) is 0 Å². The zero-order valence-corrected chi connectivity index (χ0v) is 9.69. The normalized spacial score (nSPS) is 14.4. The topological polar surface area (TPSA) is 47.3 Å². The SMILES string of the molecule is COc1ccccc1-c1nc2c(o1)CCNC2. The molecule has 0 amide bonds. The molecule has 1 aliphatic heterocycles. The van der Waals surface area contributed by atoms with Crippen LogP contribution in [0.4, 0.5) is 0 Å². The van der Waals surface area contributed by atoms with E-state index in [0.29, 0.717) is 5.89 Å². The van der Waals surface area contributed by atoms with E-state index in [-0.39, 0.29) is 0 Å². The number of hydrogen-bond acceptors (Lipinski definition) is 4. The molecule has 0 aliphatic carbocycles. The van der Waals surface area contributed by atoms with Gasteiger partial charge in [0.2, 0.25) is 5.89 Å². The van der Waals surface area contributed by atoms with Crippen molar-refractivity contribution in [2.45, 2.75) is 13.0 Å². The fraction of sp³-hybridized carbons (Fsp3) is 0.308. The lowest BCUT2D eigenvalue weighted by atomic mass is 10.2. The van der Waals surface area contributed by atoms with Crippen molar-refractivity contribution in [1.29, 1.82) is 0 Å². The highest BCUT2D eigenvalue weighted by atomic mass is 16.5. The summed E-state index contributed by atoms with van der Waals surface area (Å²) in [7, 11) is 1.66. The Hall–Kier alpha value is -1.81. The van der Waals surface area contributed by atoms with E-state index in [4.69, 9.17) is 9.15 Å². The number of aromatic nitrogens is 1. The maximum absolute atomic E-state index is 5.80. The number of oxazole rings is 1. The van der Waals surface area contributed by atoms with Crippen LogP contribution in [0.5, 0.6) is 5.75 Å². The van der Waals surface area contributed by atoms with Crippen LogP contribution in [-0.2, 0) is 13.0 Å². The second kappa shape index (κ2) is 4.22. The number of nitrogens with zero attached hydrogens (tertiary/aromatic N) is 1. The van der Waals surface area contributed by atoms with Crippen LogP contribution in [0.25, 0.3) is 11.5 Å². The lowest BCUT2D eigenvalue weighted by Crippen LogP contribution is -2.22. The van der Waals surface area contributed by atoms with Gasteiger partial charge in [0.25, 0.3) is 0 Å². The summed E-state index contributed by atoms with van der Waals surface area (Å²) in [6.07, 6.45) is 0.900. The zero-order chi connectivity index (χ0) is 11.7. The van der Waals surface area contributed by atoms with Crippen LogP contribution < -0.4 is 10.1 Å². The maximum atomic E-state index is 5.80. The van der Waals surface area contributed by atoms with E-state index in [0.717, 1.165) is 42.3 Å². The van der Waals surface area contributed by atoms with E-state index in [2.05, 4.69) is 10.3 Å². The van der Waals surface area contributed by atoms with Gasteiger partial charge in [-0.05, 0) is 12.1 Å². The van der Waals surface area contributed by atoms with E-state index in [1.54, 1.807) is 7.11 Å². The summed E-state index contributed by atoms with van der Waals surface area (Å²) in [5.41, 5.74) is 1.92. The molecule has 88 valence electrons. The smallest absolute Gasteiger partial charge is 0.230 e. The number of para-hydroxylation sites is 1. The van der Waals surface area contributed by atoms with Crippen molar-refractivity contribution in [1.82, 2.24) is 10.3 Å². The Kier molecular flexibility index (Phi) is 2.57. The summed E-state index contributed by atoms with van der Waals surface area (Å²) < 4.78 is 11.1. The van der Waals surface area contributed by atoms with Crippen molar-refractivity contribution in [2.75, 3.05) is 13.7 Å². The molecule has 1 N–H and O–H groups in total. The average Bonchev–Trinajstić information content (AvgIpc) is 2.82. The fourth-order valence-corrected chi connectivity index (χ4v) is 2.06. The van der Waals surface area contributed by atoms with E-state index in [1.807, 2.05) is 24.3 Å². The molecule has 4 heteroatoms. The second-order valence-electron chi connectivity index (χ2n) is 4.02. The zero-order valence-electron chi connectivity index (χ0n) is 9.69. The Labute approximate surface area is 99.6 Å². The third-order valence-electron chi connectivity index (χ3n) is 2.94. The summed E-state index contributed by atoms with van der Waals surface area (Å²) in [5.74, 6) is 2.43. The third-order valence-corrected chi connectivity index (χ3v) is 2.94. The van der Waals surface area contributed by atoms with E-state index < -0.39 is 0 Å². The van der Waals surface area contributed by atoms with Crippen molar-refractivity contribution in [3.63, 3.8) is 0 Å². The number of rotatable bonds is 2. The number of benzene rings is 1. The molecule has 1 aliphatic rings. The Bertz CT molecular complexity index is 510. The molecule has 4 nitrogen and oxygen atoms in total. The maximum Gasteiger partial charge on any atom is 0.230 e. The van der Waals surface area contributed by atoms with Crippen LogP contribution in [0.1, 0.15) is 11.5 Å². The molecule has 0 unspecified atom stereocenters. The van der Waals surface area contributed by atoms with Gasteiger partial charge in [-0.25, -0.2) is 4.98 Å². The Morgan fingerprint density at radius 2 is 2.24 bits per heavy atom. The molecule has 0 fully saturated rings. The van der Waals surface area contributed by atoms with Crippen molar-refractivity contribution in [3.05, 3.63) is 35.7 Å². The fourth-order valence-electron chi connectivity index (χ4n) is 2.06. The predicted octanol–water partition coefficient (Wildman–Crippen LogP) is 2.00. The summed E-state index contributed by atoms with van der Waals surface area (Å²) in [6.45, 7) is 1.74. The molecule has 3 rings (SSSR count). The highest BCUT2D eigenvalue weighted by Crippen LogP contribution is 2.30. The molecule has 0 atom stereocenters. The van der Waals surface area contributed by atoms with Crippen molar-refractivity contribution in [3.8, 4) is 17.2 Å². The molecule has 2 aromatic rings. The molecule has 2 heterocycles. The summed E-state index contributed by atoms with van der Waals surface area (Å²) in [6, 6.07) is 7.77. The molecule has 0 bridgehead atoms. The quantitative estimate of drug-likeness (QED) is 0.857. The Morgan fingerprint density at radius 3 is 3.06 bits per heavy atom. The molecule has 0 spiro atoms. The predicted molar refractivity (Wildman–Crippen MR) is 63.9 cm³/mol. The van der Waals surface area contributed by atoms with Gasteiger partial charge in [-0.15, -0.1) is 0 Å². The highest BCUT2D eigenvalue weighted by molar-refractivity contribution is 5.63. The van der Waals surface area contributed by atoms with Crippen LogP contribution in [0.3, 0.4) is 0 Å². The second-order valence-corrected chi connectivity index (χ2v) is 4.02. The molecule has 0 saturated heterocycles. The van der Waals surface area contributed by atoms with Gasteiger partial charge >= 0.3 is 0 Å². The van der Waals surface area contributed by atoms with Crippen LogP contribution in [0.15, 0.2) is 28.7 Å².